The van der Waals surface area contributed by atoms with Gasteiger partial charge in [0.05, 0.1) is 7.11 Å². The number of halogens is 6. The largest absolute Gasteiger partial charge is 0.497 e. The maximum atomic E-state index is 13.7. The molecule has 0 saturated carbocycles. The van der Waals surface area contributed by atoms with Crippen LogP contribution in [0.15, 0.2) is 18.2 Å². The van der Waals surface area contributed by atoms with Gasteiger partial charge in [-0.3, -0.25) is 0 Å². The molecule has 0 heterocycles. The average Bonchev–Trinajstić information content (AvgIpc) is 2.34. The number of rotatable bonds is 5. The molecule has 0 aromatic heterocycles. The number of nitrogens with one attached hydrogen (secondary N) is 1. The monoisotopic (exact) mass is 301 g/mol. The summed E-state index contributed by atoms with van der Waals surface area (Å²) in [5, 5.41) is 1.97. The van der Waals surface area contributed by atoms with Gasteiger partial charge in [0.15, 0.2) is 0 Å². The molecule has 1 atom stereocenters. The van der Waals surface area contributed by atoms with Crippen LogP contribution < -0.4 is 10.1 Å². The van der Waals surface area contributed by atoms with Crippen LogP contribution in [-0.4, -0.2) is 25.8 Å². The van der Waals surface area contributed by atoms with Gasteiger partial charge >= 0.3 is 12.1 Å². The molecule has 1 N–H and O–H groups in total. The molecule has 20 heavy (non-hydrogen) atoms. The van der Waals surface area contributed by atoms with Crippen molar-refractivity contribution in [2.24, 2.45) is 0 Å². The third kappa shape index (κ3) is 3.17. The van der Waals surface area contributed by atoms with E-state index < -0.39 is 29.5 Å². The van der Waals surface area contributed by atoms with Gasteiger partial charge in [-0.15, -0.1) is 0 Å². The van der Waals surface area contributed by atoms with Gasteiger partial charge in [0.25, 0.3) is 0 Å². The van der Waals surface area contributed by atoms with Gasteiger partial charge in [0.2, 0.25) is 0 Å². The van der Waals surface area contributed by atoms with Gasteiger partial charge in [-0.25, -0.2) is 4.39 Å². The van der Waals surface area contributed by atoms with Gasteiger partial charge in [0, 0.05) is 11.6 Å². The lowest BCUT2D eigenvalue weighted by Crippen LogP contribution is -2.48. The predicted molar refractivity (Wildman–Crippen MR) is 60.4 cm³/mol. The van der Waals surface area contributed by atoms with Crippen LogP contribution in [-0.2, 0) is 0 Å². The van der Waals surface area contributed by atoms with Crippen molar-refractivity contribution in [3.63, 3.8) is 0 Å². The zero-order chi connectivity index (χ0) is 15.6. The van der Waals surface area contributed by atoms with Gasteiger partial charge < -0.3 is 10.1 Å². The van der Waals surface area contributed by atoms with Crippen molar-refractivity contribution >= 4 is 0 Å². The Morgan fingerprint density at radius 2 is 1.80 bits per heavy atom. The van der Waals surface area contributed by atoms with E-state index in [1.807, 2.05) is 5.32 Å². The lowest BCUT2D eigenvalue weighted by molar-refractivity contribution is -0.294. The molecule has 8 heteroatoms. The molecule has 1 rings (SSSR count). The van der Waals surface area contributed by atoms with Crippen molar-refractivity contribution < 1.29 is 31.1 Å². The molecule has 0 fully saturated rings. The first-order chi connectivity index (χ1) is 9.15. The molecule has 0 spiro atoms. The minimum Gasteiger partial charge on any atom is -0.497 e. The second-order valence-corrected chi connectivity index (χ2v) is 4.00. The third-order valence-corrected chi connectivity index (χ3v) is 2.67. The van der Waals surface area contributed by atoms with E-state index in [1.165, 1.54) is 14.0 Å². The van der Waals surface area contributed by atoms with E-state index in [2.05, 4.69) is 4.74 Å². The molecule has 0 amide bonds. The third-order valence-electron chi connectivity index (χ3n) is 2.67. The average molecular weight is 301 g/mol. The second kappa shape index (κ2) is 5.90. The Bertz CT molecular complexity index is 460. The Hall–Kier alpha value is -1.44. The van der Waals surface area contributed by atoms with E-state index in [4.69, 9.17) is 0 Å². The lowest BCUT2D eigenvalue weighted by Gasteiger charge is -2.29. The SMILES string of the molecule is CCNC(c1ccc(OC)cc1F)C(F)(F)C(F)(F)F. The summed E-state index contributed by atoms with van der Waals surface area (Å²) < 4.78 is 82.6. The van der Waals surface area contributed by atoms with Crippen molar-refractivity contribution in [1.82, 2.24) is 5.32 Å². The van der Waals surface area contributed by atoms with Crippen LogP contribution in [0.2, 0.25) is 0 Å². The molecule has 0 aliphatic heterocycles. The van der Waals surface area contributed by atoms with E-state index in [-0.39, 0.29) is 12.3 Å². The molecule has 0 radical (unpaired) electrons. The van der Waals surface area contributed by atoms with Gasteiger partial charge in [-0.2, -0.15) is 22.0 Å². The normalized spacial score (nSPS) is 14.2. The number of alkyl halides is 5. The van der Waals surface area contributed by atoms with Crippen molar-refractivity contribution in [3.05, 3.63) is 29.6 Å². The predicted octanol–water partition coefficient (Wildman–Crippen LogP) is 3.68. The molecule has 114 valence electrons. The first kappa shape index (κ1) is 16.6. The van der Waals surface area contributed by atoms with E-state index >= 15 is 0 Å². The minimum absolute atomic E-state index is 0.0248. The van der Waals surface area contributed by atoms with Crippen LogP contribution in [0.5, 0.6) is 5.75 Å². The van der Waals surface area contributed by atoms with Crippen molar-refractivity contribution in [3.8, 4) is 5.75 Å². The Kier molecular flexibility index (Phi) is 4.90. The van der Waals surface area contributed by atoms with Gasteiger partial charge in [0.1, 0.15) is 17.6 Å². The van der Waals surface area contributed by atoms with Crippen LogP contribution in [0.4, 0.5) is 26.3 Å². The number of hydrogen-bond acceptors (Lipinski definition) is 2. The summed E-state index contributed by atoms with van der Waals surface area (Å²) in [7, 11) is 1.22. The van der Waals surface area contributed by atoms with Crippen molar-refractivity contribution in [2.75, 3.05) is 13.7 Å². The van der Waals surface area contributed by atoms with Crippen LogP contribution in [0.25, 0.3) is 0 Å². The fourth-order valence-electron chi connectivity index (χ4n) is 1.67. The Morgan fingerprint density at radius 1 is 1.20 bits per heavy atom. The van der Waals surface area contributed by atoms with Crippen molar-refractivity contribution in [2.45, 2.75) is 25.1 Å². The van der Waals surface area contributed by atoms with Crippen molar-refractivity contribution in [1.29, 1.82) is 0 Å². The fourth-order valence-corrected chi connectivity index (χ4v) is 1.67. The Labute approximate surface area is 111 Å². The summed E-state index contributed by atoms with van der Waals surface area (Å²) in [5.41, 5.74) is -0.769. The summed E-state index contributed by atoms with van der Waals surface area (Å²) in [6, 6.07) is 0.223. The van der Waals surface area contributed by atoms with Crippen LogP contribution in [0, 0.1) is 5.82 Å². The molecule has 0 bridgehead atoms. The zero-order valence-corrected chi connectivity index (χ0v) is 10.7. The molecule has 0 aliphatic carbocycles. The number of hydrogen-bond donors (Lipinski definition) is 1. The molecule has 1 unspecified atom stereocenters. The standard InChI is InChI=1S/C12H13F6NO/c1-3-19-10(11(14,15)12(16,17)18)8-5-4-7(20-2)6-9(8)13/h4-6,10,19H,3H2,1-2H3. The Balaban J connectivity index is 3.27. The molecule has 0 aliphatic rings. The van der Waals surface area contributed by atoms with E-state index in [9.17, 15) is 26.3 Å². The summed E-state index contributed by atoms with van der Waals surface area (Å²) in [6.07, 6.45) is -5.79. The number of methoxy groups -OCH3 is 1. The summed E-state index contributed by atoms with van der Waals surface area (Å²) in [6.45, 7) is 1.17. The molecular formula is C12H13F6NO. The number of benzene rings is 1. The summed E-state index contributed by atoms with van der Waals surface area (Å²) in [4.78, 5) is 0. The lowest BCUT2D eigenvalue weighted by atomic mass is 9.99. The molecular weight excluding hydrogens is 288 g/mol. The summed E-state index contributed by atoms with van der Waals surface area (Å²) in [5.74, 6) is -6.27. The maximum absolute atomic E-state index is 13.7. The van der Waals surface area contributed by atoms with Gasteiger partial charge in [-0.05, 0) is 12.6 Å². The topological polar surface area (TPSA) is 21.3 Å². The van der Waals surface area contributed by atoms with Crippen LogP contribution in [0.3, 0.4) is 0 Å². The fraction of sp³-hybridized carbons (Fsp3) is 0.500. The quantitative estimate of drug-likeness (QED) is 0.838. The molecule has 1 aromatic carbocycles. The highest BCUT2D eigenvalue weighted by molar-refractivity contribution is 5.32. The molecule has 1 aromatic rings. The highest BCUT2D eigenvalue weighted by atomic mass is 19.4. The second-order valence-electron chi connectivity index (χ2n) is 4.00. The van der Waals surface area contributed by atoms with E-state index in [0.29, 0.717) is 0 Å². The van der Waals surface area contributed by atoms with Crippen LogP contribution >= 0.6 is 0 Å². The minimum atomic E-state index is -5.79. The van der Waals surface area contributed by atoms with Gasteiger partial charge in [-0.1, -0.05) is 13.0 Å². The van der Waals surface area contributed by atoms with E-state index in [1.54, 1.807) is 0 Å². The summed E-state index contributed by atoms with van der Waals surface area (Å²) >= 11 is 0. The smallest absolute Gasteiger partial charge is 0.455 e. The zero-order valence-electron chi connectivity index (χ0n) is 10.7. The highest BCUT2D eigenvalue weighted by Crippen LogP contribution is 2.45. The first-order valence-electron chi connectivity index (χ1n) is 5.66. The van der Waals surface area contributed by atoms with E-state index in [0.717, 1.165) is 18.2 Å². The van der Waals surface area contributed by atoms with Crippen LogP contribution in [0.1, 0.15) is 18.5 Å². The molecule has 2 nitrogen and oxygen atoms in total. The first-order valence-corrected chi connectivity index (χ1v) is 5.66. The number of ether oxygens (including phenoxy) is 1. The maximum Gasteiger partial charge on any atom is 0.455 e. The molecule has 0 saturated heterocycles. The highest BCUT2D eigenvalue weighted by Gasteiger charge is 2.63. The Morgan fingerprint density at radius 3 is 2.20 bits per heavy atom.